The lowest BCUT2D eigenvalue weighted by molar-refractivity contribution is 0.0466. The number of nitrogens with one attached hydrogen (secondary N) is 1. The molecule has 2 aliphatic rings. The van der Waals surface area contributed by atoms with Crippen molar-refractivity contribution in [2.24, 2.45) is 11.8 Å². The predicted octanol–water partition coefficient (Wildman–Crippen LogP) is 2.14. The maximum absolute atomic E-state index is 5.46. The Bertz CT molecular complexity index is 176. The van der Waals surface area contributed by atoms with Gasteiger partial charge in [0.2, 0.25) is 0 Å². The lowest BCUT2D eigenvalue weighted by Gasteiger charge is -2.34. The van der Waals surface area contributed by atoms with Crippen molar-refractivity contribution in [2.45, 2.75) is 32.2 Å². The topological polar surface area (TPSA) is 21.3 Å². The molecule has 0 saturated carbocycles. The summed E-state index contributed by atoms with van der Waals surface area (Å²) < 4.78 is 5.46. The summed E-state index contributed by atoms with van der Waals surface area (Å²) in [4.78, 5) is 0. The highest BCUT2D eigenvalue weighted by Gasteiger charge is 2.31. The normalized spacial score (nSPS) is 30.6. The minimum absolute atomic E-state index is 0.758. The lowest BCUT2D eigenvalue weighted by atomic mass is 9.83. The summed E-state index contributed by atoms with van der Waals surface area (Å²) in [7, 11) is 0. The number of hydrogen-bond acceptors (Lipinski definition) is 3. The highest BCUT2D eigenvalue weighted by Crippen LogP contribution is 2.32. The summed E-state index contributed by atoms with van der Waals surface area (Å²) in [6, 6.07) is 0.758. The van der Waals surface area contributed by atoms with Gasteiger partial charge in [0.25, 0.3) is 0 Å². The summed E-state index contributed by atoms with van der Waals surface area (Å²) in [5.74, 6) is 4.52. The Balaban J connectivity index is 1.90. The summed E-state index contributed by atoms with van der Waals surface area (Å²) in [5, 5.41) is 3.73. The van der Waals surface area contributed by atoms with E-state index in [1.807, 2.05) is 0 Å². The Labute approximate surface area is 97.5 Å². The smallest absolute Gasteiger partial charge is 0.0469 e. The van der Waals surface area contributed by atoms with Gasteiger partial charge in [-0.15, -0.1) is 0 Å². The number of thioether (sulfide) groups is 1. The van der Waals surface area contributed by atoms with Crippen molar-refractivity contribution in [2.75, 3.05) is 31.3 Å². The van der Waals surface area contributed by atoms with Crippen LogP contribution in [0.5, 0.6) is 0 Å². The molecule has 2 aliphatic heterocycles. The van der Waals surface area contributed by atoms with E-state index < -0.39 is 0 Å². The molecule has 2 rings (SSSR count). The van der Waals surface area contributed by atoms with Gasteiger partial charge in [-0.05, 0) is 49.1 Å². The largest absolute Gasteiger partial charge is 0.381 e. The van der Waals surface area contributed by atoms with Crippen LogP contribution < -0.4 is 5.32 Å². The summed E-state index contributed by atoms with van der Waals surface area (Å²) in [5.41, 5.74) is 0. The summed E-state index contributed by atoms with van der Waals surface area (Å²) in [6.07, 6.45) is 3.94. The fraction of sp³-hybridized carbons (Fsp3) is 1.00. The SMILES string of the molecule is CCNC(C1CCOCC1)C1CCSC1. The van der Waals surface area contributed by atoms with E-state index in [0.29, 0.717) is 0 Å². The highest BCUT2D eigenvalue weighted by molar-refractivity contribution is 7.99. The average Bonchev–Trinajstić information content (AvgIpc) is 2.80. The molecule has 0 aromatic heterocycles. The number of hydrogen-bond donors (Lipinski definition) is 1. The third-order valence-electron chi connectivity index (χ3n) is 3.69. The second-order valence-electron chi connectivity index (χ2n) is 4.66. The van der Waals surface area contributed by atoms with Crippen molar-refractivity contribution in [3.63, 3.8) is 0 Å². The molecule has 88 valence electrons. The van der Waals surface area contributed by atoms with E-state index >= 15 is 0 Å². The molecular formula is C12H23NOS. The van der Waals surface area contributed by atoms with Gasteiger partial charge in [-0.25, -0.2) is 0 Å². The zero-order valence-electron chi connectivity index (χ0n) is 9.71. The zero-order valence-corrected chi connectivity index (χ0v) is 10.5. The van der Waals surface area contributed by atoms with Crippen LogP contribution in [0.25, 0.3) is 0 Å². The fourth-order valence-electron chi connectivity index (χ4n) is 2.86. The van der Waals surface area contributed by atoms with Gasteiger partial charge in [0.05, 0.1) is 0 Å². The average molecular weight is 229 g/mol. The maximum atomic E-state index is 5.46. The van der Waals surface area contributed by atoms with Gasteiger partial charge < -0.3 is 10.1 Å². The lowest BCUT2D eigenvalue weighted by Crippen LogP contribution is -2.44. The van der Waals surface area contributed by atoms with E-state index in [1.54, 1.807) is 0 Å². The van der Waals surface area contributed by atoms with Crippen molar-refractivity contribution in [1.82, 2.24) is 5.32 Å². The quantitative estimate of drug-likeness (QED) is 0.798. The molecule has 2 atom stereocenters. The molecular weight excluding hydrogens is 206 g/mol. The molecule has 2 heterocycles. The van der Waals surface area contributed by atoms with E-state index in [0.717, 1.165) is 37.6 Å². The minimum atomic E-state index is 0.758. The molecule has 2 saturated heterocycles. The van der Waals surface area contributed by atoms with Crippen molar-refractivity contribution < 1.29 is 4.74 Å². The van der Waals surface area contributed by atoms with Crippen LogP contribution in [-0.4, -0.2) is 37.3 Å². The van der Waals surface area contributed by atoms with Gasteiger partial charge >= 0.3 is 0 Å². The minimum Gasteiger partial charge on any atom is -0.381 e. The van der Waals surface area contributed by atoms with E-state index in [2.05, 4.69) is 24.0 Å². The molecule has 1 N–H and O–H groups in total. The molecule has 0 bridgehead atoms. The Kier molecular flexibility index (Phi) is 4.79. The van der Waals surface area contributed by atoms with Crippen LogP contribution in [0, 0.1) is 11.8 Å². The molecule has 2 nitrogen and oxygen atoms in total. The third kappa shape index (κ3) is 3.11. The van der Waals surface area contributed by atoms with Gasteiger partial charge in [-0.3, -0.25) is 0 Å². The molecule has 2 unspecified atom stereocenters. The standard InChI is InChI=1S/C12H23NOS/c1-2-13-12(11-5-8-15-9-11)10-3-6-14-7-4-10/h10-13H,2-9H2,1H3. The molecule has 15 heavy (non-hydrogen) atoms. The van der Waals surface area contributed by atoms with E-state index in [-0.39, 0.29) is 0 Å². The number of ether oxygens (including phenoxy) is 1. The van der Waals surface area contributed by atoms with Crippen LogP contribution in [0.3, 0.4) is 0 Å². The Hall–Kier alpha value is 0.270. The van der Waals surface area contributed by atoms with Crippen LogP contribution in [0.1, 0.15) is 26.2 Å². The summed E-state index contributed by atoms with van der Waals surface area (Å²) >= 11 is 2.13. The van der Waals surface area contributed by atoms with Crippen molar-refractivity contribution in [3.8, 4) is 0 Å². The first-order valence-corrected chi connectivity index (χ1v) is 7.46. The van der Waals surface area contributed by atoms with Gasteiger partial charge in [-0.1, -0.05) is 6.92 Å². The van der Waals surface area contributed by atoms with E-state index in [9.17, 15) is 0 Å². The Morgan fingerprint density at radius 1 is 1.27 bits per heavy atom. The molecule has 0 aromatic rings. The Morgan fingerprint density at radius 3 is 2.67 bits per heavy atom. The molecule has 0 aromatic carbocycles. The van der Waals surface area contributed by atoms with Crippen molar-refractivity contribution >= 4 is 11.8 Å². The molecule has 0 amide bonds. The maximum Gasteiger partial charge on any atom is 0.0469 e. The first kappa shape index (κ1) is 11.7. The van der Waals surface area contributed by atoms with Crippen LogP contribution in [0.2, 0.25) is 0 Å². The zero-order chi connectivity index (χ0) is 10.5. The van der Waals surface area contributed by atoms with Crippen LogP contribution >= 0.6 is 11.8 Å². The van der Waals surface area contributed by atoms with Gasteiger partial charge in [0.15, 0.2) is 0 Å². The summed E-state index contributed by atoms with van der Waals surface area (Å²) in [6.45, 7) is 5.30. The van der Waals surface area contributed by atoms with Crippen molar-refractivity contribution in [1.29, 1.82) is 0 Å². The van der Waals surface area contributed by atoms with Crippen LogP contribution in [0.4, 0.5) is 0 Å². The second-order valence-corrected chi connectivity index (χ2v) is 5.81. The molecule has 0 aliphatic carbocycles. The molecule has 2 fully saturated rings. The first-order valence-electron chi connectivity index (χ1n) is 6.30. The van der Waals surface area contributed by atoms with Crippen LogP contribution in [0.15, 0.2) is 0 Å². The van der Waals surface area contributed by atoms with Crippen LogP contribution in [-0.2, 0) is 4.74 Å². The van der Waals surface area contributed by atoms with Gasteiger partial charge in [-0.2, -0.15) is 11.8 Å². The van der Waals surface area contributed by atoms with Crippen molar-refractivity contribution in [3.05, 3.63) is 0 Å². The Morgan fingerprint density at radius 2 is 2.07 bits per heavy atom. The molecule has 3 heteroatoms. The molecule has 0 radical (unpaired) electrons. The monoisotopic (exact) mass is 229 g/mol. The predicted molar refractivity (Wildman–Crippen MR) is 66.4 cm³/mol. The fourth-order valence-corrected chi connectivity index (χ4v) is 4.18. The highest BCUT2D eigenvalue weighted by atomic mass is 32.2. The first-order chi connectivity index (χ1) is 7.42. The van der Waals surface area contributed by atoms with E-state index in [4.69, 9.17) is 4.74 Å². The third-order valence-corrected chi connectivity index (χ3v) is 4.87. The van der Waals surface area contributed by atoms with Gasteiger partial charge in [0.1, 0.15) is 0 Å². The van der Waals surface area contributed by atoms with Gasteiger partial charge in [0, 0.05) is 19.3 Å². The number of rotatable bonds is 4. The second kappa shape index (κ2) is 6.12. The molecule has 0 spiro atoms. The van der Waals surface area contributed by atoms with E-state index in [1.165, 1.54) is 30.8 Å².